The molecular formula is C25H31N3O6S. The SMILES string of the molecule is COc1ccc(CNC(=O)CN2C(=O)COc3ccc(S(=O)(=O)N4C[C@H](C)C[C@H](C)C4)cc32)cc1. The highest BCUT2D eigenvalue weighted by Crippen LogP contribution is 2.36. The summed E-state index contributed by atoms with van der Waals surface area (Å²) in [7, 11) is -2.17. The van der Waals surface area contributed by atoms with Gasteiger partial charge in [0.15, 0.2) is 6.61 Å². The first-order valence-electron chi connectivity index (χ1n) is 11.6. The van der Waals surface area contributed by atoms with Gasteiger partial charge >= 0.3 is 0 Å². The molecule has 2 aliphatic rings. The Morgan fingerprint density at radius 1 is 1.11 bits per heavy atom. The highest BCUT2D eigenvalue weighted by Gasteiger charge is 2.34. The third-order valence-corrected chi connectivity index (χ3v) is 8.12. The molecule has 9 nitrogen and oxygen atoms in total. The number of piperidine rings is 1. The quantitative estimate of drug-likeness (QED) is 0.625. The van der Waals surface area contributed by atoms with Crippen molar-refractivity contribution in [3.05, 3.63) is 48.0 Å². The molecule has 0 aromatic heterocycles. The van der Waals surface area contributed by atoms with Crippen LogP contribution in [-0.4, -0.2) is 57.9 Å². The molecule has 0 bridgehead atoms. The molecule has 0 spiro atoms. The monoisotopic (exact) mass is 501 g/mol. The van der Waals surface area contributed by atoms with Gasteiger partial charge in [0, 0.05) is 19.6 Å². The van der Waals surface area contributed by atoms with E-state index in [0.717, 1.165) is 17.7 Å². The number of rotatable bonds is 7. The van der Waals surface area contributed by atoms with Gasteiger partial charge in [-0.3, -0.25) is 14.5 Å². The molecule has 2 atom stereocenters. The molecule has 0 aliphatic carbocycles. The van der Waals surface area contributed by atoms with Crippen molar-refractivity contribution in [3.8, 4) is 11.5 Å². The summed E-state index contributed by atoms with van der Waals surface area (Å²) in [6.07, 6.45) is 0.984. The Hall–Kier alpha value is -3.11. The lowest BCUT2D eigenvalue weighted by molar-refractivity contribution is -0.125. The molecule has 10 heteroatoms. The fourth-order valence-corrected chi connectivity index (χ4v) is 6.31. The van der Waals surface area contributed by atoms with Crippen LogP contribution < -0.4 is 19.7 Å². The number of anilines is 1. The minimum absolute atomic E-state index is 0.0829. The topological polar surface area (TPSA) is 105 Å². The van der Waals surface area contributed by atoms with Crippen molar-refractivity contribution in [1.82, 2.24) is 9.62 Å². The van der Waals surface area contributed by atoms with Crippen LogP contribution in [-0.2, 0) is 26.2 Å². The van der Waals surface area contributed by atoms with E-state index in [1.165, 1.54) is 21.3 Å². The summed E-state index contributed by atoms with van der Waals surface area (Å²) < 4.78 is 38.9. The second-order valence-corrected chi connectivity index (χ2v) is 11.2. The molecule has 1 fully saturated rings. The summed E-state index contributed by atoms with van der Waals surface area (Å²) in [6, 6.07) is 11.8. The second kappa shape index (κ2) is 10.2. The van der Waals surface area contributed by atoms with E-state index in [1.807, 2.05) is 26.0 Å². The molecule has 188 valence electrons. The van der Waals surface area contributed by atoms with Crippen LogP contribution in [0, 0.1) is 11.8 Å². The largest absolute Gasteiger partial charge is 0.497 e. The van der Waals surface area contributed by atoms with Crippen molar-refractivity contribution in [1.29, 1.82) is 0 Å². The van der Waals surface area contributed by atoms with Gasteiger partial charge in [-0.05, 0) is 54.2 Å². The standard InChI is InChI=1S/C25H31N3O6S/c1-17-10-18(2)14-27(13-17)35(31,32)21-8-9-23-22(11-21)28(25(30)16-34-23)15-24(29)26-12-19-4-6-20(33-3)7-5-19/h4-9,11,17-18H,10,12-16H2,1-3H3,(H,26,29)/t17-,18+. The summed E-state index contributed by atoms with van der Waals surface area (Å²) in [4.78, 5) is 26.7. The molecule has 0 saturated carbocycles. The van der Waals surface area contributed by atoms with Crippen LogP contribution in [0.1, 0.15) is 25.8 Å². The van der Waals surface area contributed by atoms with Crippen molar-refractivity contribution in [3.63, 3.8) is 0 Å². The van der Waals surface area contributed by atoms with E-state index in [9.17, 15) is 18.0 Å². The van der Waals surface area contributed by atoms with Gasteiger partial charge in [0.25, 0.3) is 5.91 Å². The van der Waals surface area contributed by atoms with Crippen LogP contribution in [0.15, 0.2) is 47.4 Å². The summed E-state index contributed by atoms with van der Waals surface area (Å²) in [5, 5.41) is 2.80. The van der Waals surface area contributed by atoms with Gasteiger partial charge in [-0.1, -0.05) is 26.0 Å². The summed E-state index contributed by atoms with van der Waals surface area (Å²) in [5.74, 6) is 0.839. The average Bonchev–Trinajstić information content (AvgIpc) is 2.84. The van der Waals surface area contributed by atoms with Crippen LogP contribution in [0.4, 0.5) is 5.69 Å². The van der Waals surface area contributed by atoms with E-state index in [0.29, 0.717) is 18.8 Å². The Labute approximate surface area is 206 Å². The molecule has 0 unspecified atom stereocenters. The normalized spacial score (nSPS) is 20.7. The van der Waals surface area contributed by atoms with Gasteiger partial charge in [0.05, 0.1) is 17.7 Å². The number of amides is 2. The fourth-order valence-electron chi connectivity index (χ4n) is 4.61. The minimum Gasteiger partial charge on any atom is -0.497 e. The smallest absolute Gasteiger partial charge is 0.265 e. The number of carbonyl (C=O) groups excluding carboxylic acids is 2. The Morgan fingerprint density at radius 2 is 1.80 bits per heavy atom. The number of ether oxygens (including phenoxy) is 2. The molecule has 2 heterocycles. The van der Waals surface area contributed by atoms with Crippen LogP contribution in [0.3, 0.4) is 0 Å². The molecule has 2 aromatic carbocycles. The maximum atomic E-state index is 13.4. The molecule has 1 saturated heterocycles. The predicted molar refractivity (Wildman–Crippen MR) is 131 cm³/mol. The zero-order chi connectivity index (χ0) is 25.2. The van der Waals surface area contributed by atoms with Gasteiger partial charge in [-0.2, -0.15) is 4.31 Å². The van der Waals surface area contributed by atoms with Crippen molar-refractivity contribution < 1.29 is 27.5 Å². The first-order valence-corrected chi connectivity index (χ1v) is 13.1. The molecule has 2 aliphatic heterocycles. The van der Waals surface area contributed by atoms with Gasteiger partial charge in [-0.15, -0.1) is 0 Å². The van der Waals surface area contributed by atoms with Gasteiger partial charge in [-0.25, -0.2) is 8.42 Å². The molecule has 2 aromatic rings. The lowest BCUT2D eigenvalue weighted by atomic mass is 9.94. The van der Waals surface area contributed by atoms with Crippen LogP contribution in [0.2, 0.25) is 0 Å². The van der Waals surface area contributed by atoms with Gasteiger partial charge in [0.1, 0.15) is 18.0 Å². The van der Waals surface area contributed by atoms with Crippen LogP contribution >= 0.6 is 0 Å². The molecule has 1 N–H and O–H groups in total. The van der Waals surface area contributed by atoms with E-state index >= 15 is 0 Å². The summed E-state index contributed by atoms with van der Waals surface area (Å²) >= 11 is 0. The van der Waals surface area contributed by atoms with Crippen molar-refractivity contribution in [2.75, 3.05) is 38.3 Å². The molecule has 0 radical (unpaired) electrons. The summed E-state index contributed by atoms with van der Waals surface area (Å²) in [6.45, 7) is 4.83. The highest BCUT2D eigenvalue weighted by atomic mass is 32.2. The lowest BCUT2D eigenvalue weighted by Gasteiger charge is -2.34. The molecule has 35 heavy (non-hydrogen) atoms. The number of nitrogens with zero attached hydrogens (tertiary/aromatic N) is 2. The Kier molecular flexibility index (Phi) is 7.32. The van der Waals surface area contributed by atoms with E-state index in [1.54, 1.807) is 25.3 Å². The number of sulfonamides is 1. The van der Waals surface area contributed by atoms with Crippen molar-refractivity contribution >= 4 is 27.5 Å². The van der Waals surface area contributed by atoms with Crippen molar-refractivity contribution in [2.24, 2.45) is 11.8 Å². The number of hydrogen-bond acceptors (Lipinski definition) is 6. The van der Waals surface area contributed by atoms with Crippen molar-refractivity contribution in [2.45, 2.75) is 31.7 Å². The maximum Gasteiger partial charge on any atom is 0.265 e. The second-order valence-electron chi connectivity index (χ2n) is 9.29. The van der Waals surface area contributed by atoms with Crippen LogP contribution in [0.25, 0.3) is 0 Å². The number of carbonyl (C=O) groups is 2. The Balaban J connectivity index is 1.51. The van der Waals surface area contributed by atoms with Crippen LogP contribution in [0.5, 0.6) is 11.5 Å². The number of benzene rings is 2. The third kappa shape index (κ3) is 5.59. The zero-order valence-electron chi connectivity index (χ0n) is 20.2. The number of nitrogens with one attached hydrogen (secondary N) is 1. The third-order valence-electron chi connectivity index (χ3n) is 6.30. The first-order chi connectivity index (χ1) is 16.7. The highest BCUT2D eigenvalue weighted by molar-refractivity contribution is 7.89. The van der Waals surface area contributed by atoms with E-state index in [-0.39, 0.29) is 48.0 Å². The average molecular weight is 502 g/mol. The van der Waals surface area contributed by atoms with Gasteiger partial charge < -0.3 is 14.8 Å². The molecule has 2 amide bonds. The first kappa shape index (κ1) is 25.0. The lowest BCUT2D eigenvalue weighted by Crippen LogP contribution is -2.45. The van der Waals surface area contributed by atoms with E-state index < -0.39 is 15.9 Å². The Morgan fingerprint density at radius 3 is 2.46 bits per heavy atom. The number of fused-ring (bicyclic) bond motifs is 1. The predicted octanol–water partition coefficient (Wildman–Crippen LogP) is 2.40. The Bertz CT molecular complexity index is 1190. The number of methoxy groups -OCH3 is 1. The molecule has 4 rings (SSSR count). The summed E-state index contributed by atoms with van der Waals surface area (Å²) in [5.41, 5.74) is 1.16. The van der Waals surface area contributed by atoms with E-state index in [2.05, 4.69) is 5.32 Å². The van der Waals surface area contributed by atoms with E-state index in [4.69, 9.17) is 9.47 Å². The number of hydrogen-bond donors (Lipinski definition) is 1. The molecular weight excluding hydrogens is 470 g/mol. The fraction of sp³-hybridized carbons (Fsp3) is 0.440. The minimum atomic E-state index is -3.75. The zero-order valence-corrected chi connectivity index (χ0v) is 21.0. The van der Waals surface area contributed by atoms with Gasteiger partial charge in [0.2, 0.25) is 15.9 Å². The maximum absolute atomic E-state index is 13.4.